The summed E-state index contributed by atoms with van der Waals surface area (Å²) in [5, 5.41) is 0. The molecular weight excluding hydrogens is 284 g/mol. The molecule has 0 atom stereocenters. The van der Waals surface area contributed by atoms with Crippen LogP contribution in [0.25, 0.3) is 0 Å². The zero-order valence-electron chi connectivity index (χ0n) is 10.1. The minimum Gasteiger partial charge on any atom is -0.398 e. The molecule has 0 saturated heterocycles. The van der Waals surface area contributed by atoms with Gasteiger partial charge < -0.3 is 15.4 Å². The van der Waals surface area contributed by atoms with Gasteiger partial charge in [-0.25, -0.2) is 0 Å². The van der Waals surface area contributed by atoms with Crippen molar-refractivity contribution in [2.24, 2.45) is 0 Å². The van der Waals surface area contributed by atoms with Gasteiger partial charge in [-0.15, -0.1) is 0 Å². The van der Waals surface area contributed by atoms with Crippen molar-refractivity contribution in [3.05, 3.63) is 28.2 Å². The molecule has 0 unspecified atom stereocenters. The van der Waals surface area contributed by atoms with E-state index in [2.05, 4.69) is 15.9 Å². The van der Waals surface area contributed by atoms with Crippen LogP contribution >= 0.6 is 15.9 Å². The first-order valence-electron chi connectivity index (χ1n) is 5.45. The van der Waals surface area contributed by atoms with Gasteiger partial charge in [-0.05, 0) is 35.0 Å². The summed E-state index contributed by atoms with van der Waals surface area (Å²) in [6.07, 6.45) is 0. The lowest BCUT2D eigenvalue weighted by molar-refractivity contribution is 0.0709. The van der Waals surface area contributed by atoms with E-state index in [-0.39, 0.29) is 5.91 Å². The number of anilines is 1. The monoisotopic (exact) mass is 300 g/mol. The third kappa shape index (κ3) is 3.71. The van der Waals surface area contributed by atoms with Crippen molar-refractivity contribution in [3.8, 4) is 0 Å². The summed E-state index contributed by atoms with van der Waals surface area (Å²) in [4.78, 5) is 13.7. The Morgan fingerprint density at radius 3 is 2.88 bits per heavy atom. The second kappa shape index (κ2) is 6.61. The summed E-state index contributed by atoms with van der Waals surface area (Å²) in [5.74, 6) is -0.0659. The first-order chi connectivity index (χ1) is 8.07. The van der Waals surface area contributed by atoms with E-state index in [0.29, 0.717) is 35.5 Å². The zero-order valence-corrected chi connectivity index (χ0v) is 11.7. The van der Waals surface area contributed by atoms with E-state index in [0.717, 1.165) is 0 Å². The SMILES string of the molecule is CCOCCN(C)C(=O)c1cccc(N)c1Br. The van der Waals surface area contributed by atoms with Gasteiger partial charge in [0.2, 0.25) is 0 Å². The number of hydrogen-bond acceptors (Lipinski definition) is 3. The molecule has 0 bridgehead atoms. The second-order valence-electron chi connectivity index (χ2n) is 3.63. The first kappa shape index (κ1) is 14.0. The number of likely N-dealkylation sites (N-methyl/N-ethyl adjacent to an activating group) is 1. The molecule has 4 nitrogen and oxygen atoms in total. The summed E-state index contributed by atoms with van der Waals surface area (Å²) in [6, 6.07) is 5.27. The lowest BCUT2D eigenvalue weighted by atomic mass is 10.2. The fourth-order valence-electron chi connectivity index (χ4n) is 1.37. The van der Waals surface area contributed by atoms with Gasteiger partial charge in [0.05, 0.1) is 16.6 Å². The number of carbonyl (C=O) groups excluding carboxylic acids is 1. The van der Waals surface area contributed by atoms with Crippen LogP contribution in [0.2, 0.25) is 0 Å². The smallest absolute Gasteiger partial charge is 0.254 e. The highest BCUT2D eigenvalue weighted by molar-refractivity contribution is 9.10. The maximum atomic E-state index is 12.1. The largest absolute Gasteiger partial charge is 0.398 e. The molecule has 2 N–H and O–H groups in total. The molecule has 1 aromatic carbocycles. The number of carbonyl (C=O) groups is 1. The average molecular weight is 301 g/mol. The van der Waals surface area contributed by atoms with Crippen molar-refractivity contribution in [3.63, 3.8) is 0 Å². The van der Waals surface area contributed by atoms with Gasteiger partial charge in [-0.3, -0.25) is 4.79 Å². The van der Waals surface area contributed by atoms with E-state index in [4.69, 9.17) is 10.5 Å². The average Bonchev–Trinajstić information content (AvgIpc) is 2.32. The van der Waals surface area contributed by atoms with Crippen molar-refractivity contribution in [1.29, 1.82) is 0 Å². The summed E-state index contributed by atoms with van der Waals surface area (Å²) >= 11 is 3.33. The molecule has 0 spiro atoms. The van der Waals surface area contributed by atoms with Gasteiger partial charge in [0.25, 0.3) is 5.91 Å². The molecule has 5 heteroatoms. The summed E-state index contributed by atoms with van der Waals surface area (Å²) in [5.41, 5.74) is 6.88. The Morgan fingerprint density at radius 1 is 1.53 bits per heavy atom. The number of halogens is 1. The molecule has 0 aromatic heterocycles. The fourth-order valence-corrected chi connectivity index (χ4v) is 1.80. The Morgan fingerprint density at radius 2 is 2.24 bits per heavy atom. The third-order valence-electron chi connectivity index (χ3n) is 2.38. The standard InChI is InChI=1S/C12H17BrN2O2/c1-3-17-8-7-15(2)12(16)9-5-4-6-10(14)11(9)13/h4-6H,3,7-8,14H2,1-2H3. The van der Waals surface area contributed by atoms with E-state index < -0.39 is 0 Å². The minimum absolute atomic E-state index is 0.0659. The van der Waals surface area contributed by atoms with E-state index in [1.54, 1.807) is 30.1 Å². The molecule has 0 aliphatic carbocycles. The van der Waals surface area contributed by atoms with Crippen LogP contribution < -0.4 is 5.73 Å². The van der Waals surface area contributed by atoms with Crippen LogP contribution in [0.1, 0.15) is 17.3 Å². The molecule has 94 valence electrons. The first-order valence-corrected chi connectivity index (χ1v) is 6.24. The quantitative estimate of drug-likeness (QED) is 0.669. The maximum Gasteiger partial charge on any atom is 0.254 e. The molecule has 0 aliphatic rings. The molecule has 0 radical (unpaired) electrons. The van der Waals surface area contributed by atoms with E-state index >= 15 is 0 Å². The van der Waals surface area contributed by atoms with Crippen LogP contribution in [0.15, 0.2) is 22.7 Å². The van der Waals surface area contributed by atoms with Gasteiger partial charge in [0, 0.05) is 25.9 Å². The predicted octanol–water partition coefficient (Wildman–Crippen LogP) is 2.14. The molecule has 17 heavy (non-hydrogen) atoms. The van der Waals surface area contributed by atoms with Crippen molar-refractivity contribution in [2.45, 2.75) is 6.92 Å². The zero-order chi connectivity index (χ0) is 12.8. The number of ether oxygens (including phenoxy) is 1. The summed E-state index contributed by atoms with van der Waals surface area (Å²) in [6.45, 7) is 3.69. The van der Waals surface area contributed by atoms with Gasteiger partial charge in [-0.2, -0.15) is 0 Å². The second-order valence-corrected chi connectivity index (χ2v) is 4.43. The van der Waals surface area contributed by atoms with Crippen molar-refractivity contribution in [2.75, 3.05) is 32.5 Å². The highest BCUT2D eigenvalue weighted by atomic mass is 79.9. The summed E-state index contributed by atoms with van der Waals surface area (Å²) < 4.78 is 5.86. The molecule has 0 heterocycles. The number of nitrogens with two attached hydrogens (primary N) is 1. The van der Waals surface area contributed by atoms with Gasteiger partial charge in [0.15, 0.2) is 0 Å². The minimum atomic E-state index is -0.0659. The molecule has 0 aliphatic heterocycles. The number of hydrogen-bond donors (Lipinski definition) is 1. The lowest BCUT2D eigenvalue weighted by Gasteiger charge is -2.18. The van der Waals surface area contributed by atoms with E-state index in [1.807, 2.05) is 6.92 Å². The molecule has 1 aromatic rings. The molecule has 0 saturated carbocycles. The van der Waals surface area contributed by atoms with Gasteiger partial charge >= 0.3 is 0 Å². The third-order valence-corrected chi connectivity index (χ3v) is 3.27. The van der Waals surface area contributed by atoms with Gasteiger partial charge in [-0.1, -0.05) is 6.07 Å². The fraction of sp³-hybridized carbons (Fsp3) is 0.417. The van der Waals surface area contributed by atoms with E-state index in [1.165, 1.54) is 0 Å². The molecular formula is C12H17BrN2O2. The Bertz CT molecular complexity index is 396. The van der Waals surface area contributed by atoms with Crippen LogP contribution in [0, 0.1) is 0 Å². The number of amides is 1. The Labute approximate surface area is 110 Å². The van der Waals surface area contributed by atoms with E-state index in [9.17, 15) is 4.79 Å². The Hall–Kier alpha value is -1.07. The van der Waals surface area contributed by atoms with Crippen LogP contribution in [0.4, 0.5) is 5.69 Å². The highest BCUT2D eigenvalue weighted by Crippen LogP contribution is 2.24. The highest BCUT2D eigenvalue weighted by Gasteiger charge is 2.15. The predicted molar refractivity (Wildman–Crippen MR) is 72.0 cm³/mol. The van der Waals surface area contributed by atoms with Crippen molar-refractivity contribution in [1.82, 2.24) is 4.90 Å². The summed E-state index contributed by atoms with van der Waals surface area (Å²) in [7, 11) is 1.75. The Kier molecular flexibility index (Phi) is 5.44. The van der Waals surface area contributed by atoms with Crippen LogP contribution in [-0.2, 0) is 4.74 Å². The van der Waals surface area contributed by atoms with Crippen LogP contribution in [0.3, 0.4) is 0 Å². The van der Waals surface area contributed by atoms with Crippen molar-refractivity contribution < 1.29 is 9.53 Å². The Balaban J connectivity index is 2.71. The van der Waals surface area contributed by atoms with Crippen LogP contribution in [-0.4, -0.2) is 37.6 Å². The number of nitrogens with zero attached hydrogens (tertiary/aromatic N) is 1. The number of rotatable bonds is 5. The van der Waals surface area contributed by atoms with Crippen LogP contribution in [0.5, 0.6) is 0 Å². The normalized spacial score (nSPS) is 10.3. The topological polar surface area (TPSA) is 55.6 Å². The maximum absolute atomic E-state index is 12.1. The number of benzene rings is 1. The molecule has 1 amide bonds. The number of nitrogen functional groups attached to an aromatic ring is 1. The van der Waals surface area contributed by atoms with Crippen molar-refractivity contribution >= 4 is 27.5 Å². The lowest BCUT2D eigenvalue weighted by Crippen LogP contribution is -2.30. The van der Waals surface area contributed by atoms with Gasteiger partial charge in [0.1, 0.15) is 0 Å². The molecule has 1 rings (SSSR count). The molecule has 0 fully saturated rings.